The molecule has 0 saturated heterocycles. The average molecular weight is 281 g/mol. The van der Waals surface area contributed by atoms with E-state index >= 15 is 0 Å². The average Bonchev–Trinajstić information content (AvgIpc) is 2.25. The van der Waals surface area contributed by atoms with Crippen LogP contribution in [0.3, 0.4) is 0 Å². The summed E-state index contributed by atoms with van der Waals surface area (Å²) in [4.78, 5) is 9.03. The second-order valence-corrected chi connectivity index (χ2v) is 4.96. The molecule has 3 N–H and O–H groups in total. The predicted octanol–water partition coefficient (Wildman–Crippen LogP) is -0.311. The maximum absolute atomic E-state index is 13.2. The van der Waals surface area contributed by atoms with Gasteiger partial charge in [0.2, 0.25) is 10.0 Å². The number of aliphatic hydroxyl groups excluding tert-OH is 1. The molecule has 0 aliphatic heterocycles. The Labute approximate surface area is 101 Å². The summed E-state index contributed by atoms with van der Waals surface area (Å²) in [5.74, 6) is -4.29. The number of hydrogen-bond acceptors (Lipinski definition) is 4. The largest absolute Gasteiger partial charge is 0.479 e. The van der Waals surface area contributed by atoms with Gasteiger partial charge in [0, 0.05) is 6.54 Å². The lowest BCUT2D eigenvalue weighted by Crippen LogP contribution is -2.37. The molecule has 100 valence electrons. The predicted molar refractivity (Wildman–Crippen MR) is 55.2 cm³/mol. The lowest BCUT2D eigenvalue weighted by molar-refractivity contribution is -0.146. The van der Waals surface area contributed by atoms with Gasteiger partial charge in [-0.1, -0.05) is 6.07 Å². The highest BCUT2D eigenvalue weighted by Gasteiger charge is 2.25. The standard InChI is InChI=1S/C9H9F2NO5S/c10-5-2-1-3-6(11)8(5)18(16,17)12-4-7(13)9(14)15/h1-3,7,12-13H,4H2,(H,14,15)/t7-/m0/s1. The van der Waals surface area contributed by atoms with Crippen molar-refractivity contribution in [2.45, 2.75) is 11.0 Å². The minimum atomic E-state index is -4.57. The van der Waals surface area contributed by atoms with Gasteiger partial charge in [0.05, 0.1) is 0 Å². The van der Waals surface area contributed by atoms with Gasteiger partial charge in [0.1, 0.15) is 11.6 Å². The van der Waals surface area contributed by atoms with Crippen molar-refractivity contribution < 1.29 is 32.2 Å². The second-order valence-electron chi connectivity index (χ2n) is 3.26. The molecular weight excluding hydrogens is 272 g/mol. The van der Waals surface area contributed by atoms with E-state index in [0.717, 1.165) is 18.2 Å². The van der Waals surface area contributed by atoms with Gasteiger partial charge >= 0.3 is 5.97 Å². The zero-order valence-corrected chi connectivity index (χ0v) is 9.62. The highest BCUT2D eigenvalue weighted by atomic mass is 32.2. The Hall–Kier alpha value is -1.58. The molecule has 0 saturated carbocycles. The molecule has 0 amide bonds. The summed E-state index contributed by atoms with van der Waals surface area (Å²) in [6, 6.07) is 2.46. The summed E-state index contributed by atoms with van der Waals surface area (Å²) in [6.45, 7) is -0.897. The number of carboxylic acids is 1. The minimum absolute atomic E-state index is 0.741. The Bertz CT molecular complexity index is 540. The molecule has 1 aromatic carbocycles. The van der Waals surface area contributed by atoms with E-state index in [2.05, 4.69) is 0 Å². The smallest absolute Gasteiger partial charge is 0.333 e. The lowest BCUT2D eigenvalue weighted by atomic mass is 10.3. The number of aliphatic carboxylic acids is 1. The topological polar surface area (TPSA) is 104 Å². The van der Waals surface area contributed by atoms with Crippen molar-refractivity contribution in [1.82, 2.24) is 4.72 Å². The van der Waals surface area contributed by atoms with Gasteiger partial charge in [-0.2, -0.15) is 0 Å². The summed E-state index contributed by atoms with van der Waals surface area (Å²) in [6.07, 6.45) is -2.00. The maximum Gasteiger partial charge on any atom is 0.333 e. The van der Waals surface area contributed by atoms with E-state index in [1.54, 1.807) is 4.72 Å². The number of nitrogens with one attached hydrogen (secondary N) is 1. The first-order valence-corrected chi connectivity index (χ1v) is 6.08. The SMILES string of the molecule is O=C(O)[C@@H](O)CNS(=O)(=O)c1c(F)cccc1F. The first-order valence-electron chi connectivity index (χ1n) is 4.60. The molecule has 6 nitrogen and oxygen atoms in total. The number of benzene rings is 1. The Balaban J connectivity index is 2.98. The molecule has 18 heavy (non-hydrogen) atoms. The quantitative estimate of drug-likeness (QED) is 0.686. The second kappa shape index (κ2) is 5.38. The third kappa shape index (κ3) is 3.22. The molecule has 0 heterocycles. The fourth-order valence-corrected chi connectivity index (χ4v) is 2.26. The molecule has 1 aromatic rings. The molecule has 0 unspecified atom stereocenters. The summed E-state index contributed by atoms with van der Waals surface area (Å²) >= 11 is 0. The van der Waals surface area contributed by atoms with Crippen molar-refractivity contribution in [3.63, 3.8) is 0 Å². The molecular formula is C9H9F2NO5S. The maximum atomic E-state index is 13.2. The zero-order chi connectivity index (χ0) is 13.9. The Morgan fingerprint density at radius 3 is 2.28 bits per heavy atom. The van der Waals surface area contributed by atoms with Crippen LogP contribution in [0.2, 0.25) is 0 Å². The van der Waals surface area contributed by atoms with Crippen LogP contribution in [-0.4, -0.2) is 37.2 Å². The van der Waals surface area contributed by atoms with Crippen molar-refractivity contribution in [3.8, 4) is 0 Å². The number of carboxylic acid groups (broad SMARTS) is 1. The highest BCUT2D eigenvalue weighted by molar-refractivity contribution is 7.89. The summed E-state index contributed by atoms with van der Waals surface area (Å²) in [5.41, 5.74) is 0. The molecule has 9 heteroatoms. The first kappa shape index (κ1) is 14.5. The van der Waals surface area contributed by atoms with E-state index in [4.69, 9.17) is 10.2 Å². The van der Waals surface area contributed by atoms with Crippen LogP contribution in [0.5, 0.6) is 0 Å². The third-order valence-corrected chi connectivity index (χ3v) is 3.41. The number of rotatable bonds is 5. The van der Waals surface area contributed by atoms with E-state index in [0.29, 0.717) is 0 Å². The van der Waals surface area contributed by atoms with E-state index < -0.39 is 45.2 Å². The number of halogens is 2. The van der Waals surface area contributed by atoms with Crippen molar-refractivity contribution in [1.29, 1.82) is 0 Å². The molecule has 0 fully saturated rings. The monoisotopic (exact) mass is 281 g/mol. The first-order chi connectivity index (χ1) is 8.25. The summed E-state index contributed by atoms with van der Waals surface area (Å²) < 4.78 is 51.0. The van der Waals surface area contributed by atoms with Crippen LogP contribution < -0.4 is 4.72 Å². The highest BCUT2D eigenvalue weighted by Crippen LogP contribution is 2.17. The molecule has 0 aromatic heterocycles. The van der Waals surface area contributed by atoms with Crippen LogP contribution in [0.4, 0.5) is 8.78 Å². The van der Waals surface area contributed by atoms with Crippen molar-refractivity contribution in [2.75, 3.05) is 6.54 Å². The van der Waals surface area contributed by atoms with Crippen molar-refractivity contribution in [3.05, 3.63) is 29.8 Å². The Morgan fingerprint density at radius 2 is 1.83 bits per heavy atom. The van der Waals surface area contributed by atoms with Gasteiger partial charge in [-0.25, -0.2) is 26.7 Å². The number of hydrogen-bond donors (Lipinski definition) is 3. The van der Waals surface area contributed by atoms with Gasteiger partial charge < -0.3 is 10.2 Å². The van der Waals surface area contributed by atoms with Crippen LogP contribution in [0.25, 0.3) is 0 Å². The fourth-order valence-electron chi connectivity index (χ4n) is 1.09. The van der Waals surface area contributed by atoms with Crippen LogP contribution in [0.1, 0.15) is 0 Å². The number of aliphatic hydroxyl groups is 1. The zero-order valence-electron chi connectivity index (χ0n) is 8.80. The molecule has 0 spiro atoms. The molecule has 1 rings (SSSR count). The fraction of sp³-hybridized carbons (Fsp3) is 0.222. The van der Waals surface area contributed by atoms with Crippen molar-refractivity contribution in [2.24, 2.45) is 0 Å². The lowest BCUT2D eigenvalue weighted by Gasteiger charge is -2.10. The van der Waals surface area contributed by atoms with Gasteiger partial charge in [-0.15, -0.1) is 0 Å². The van der Waals surface area contributed by atoms with E-state index in [1.807, 2.05) is 0 Å². The van der Waals surface area contributed by atoms with Crippen LogP contribution in [-0.2, 0) is 14.8 Å². The van der Waals surface area contributed by atoms with E-state index in [-0.39, 0.29) is 0 Å². The minimum Gasteiger partial charge on any atom is -0.479 e. The number of sulfonamides is 1. The normalized spacial score (nSPS) is 13.3. The van der Waals surface area contributed by atoms with Crippen LogP contribution in [0.15, 0.2) is 23.1 Å². The molecule has 0 radical (unpaired) electrons. The molecule has 0 aliphatic rings. The Kier molecular flexibility index (Phi) is 4.33. The number of carbonyl (C=O) groups is 1. The summed E-state index contributed by atoms with van der Waals surface area (Å²) in [5, 5.41) is 17.2. The van der Waals surface area contributed by atoms with Gasteiger partial charge in [-0.05, 0) is 12.1 Å². The molecule has 0 aliphatic carbocycles. The van der Waals surface area contributed by atoms with E-state index in [9.17, 15) is 22.0 Å². The van der Waals surface area contributed by atoms with Gasteiger partial charge in [0.15, 0.2) is 11.0 Å². The molecule has 0 bridgehead atoms. The molecule has 1 atom stereocenters. The van der Waals surface area contributed by atoms with Crippen LogP contribution in [0, 0.1) is 11.6 Å². The van der Waals surface area contributed by atoms with E-state index in [1.165, 1.54) is 0 Å². The van der Waals surface area contributed by atoms with Crippen LogP contribution >= 0.6 is 0 Å². The van der Waals surface area contributed by atoms with Gasteiger partial charge in [0.25, 0.3) is 0 Å². The third-order valence-electron chi connectivity index (χ3n) is 1.94. The van der Waals surface area contributed by atoms with Gasteiger partial charge in [-0.3, -0.25) is 0 Å². The van der Waals surface area contributed by atoms with Crippen molar-refractivity contribution >= 4 is 16.0 Å². The Morgan fingerprint density at radius 1 is 1.33 bits per heavy atom. The summed E-state index contributed by atoms with van der Waals surface area (Å²) in [7, 11) is -4.57.